The van der Waals surface area contributed by atoms with Gasteiger partial charge < -0.3 is 9.47 Å². The molecule has 1 aromatic rings. The minimum Gasteiger partial charge on any atom is -0.461 e. The maximum Gasteiger partial charge on any atom is 0.317 e. The van der Waals surface area contributed by atoms with Gasteiger partial charge in [-0.3, -0.25) is 0 Å². The molecule has 1 aromatic heterocycles. The van der Waals surface area contributed by atoms with Crippen molar-refractivity contribution in [2.24, 2.45) is 0 Å². The molecule has 0 spiro atoms. The molecule has 1 saturated heterocycles. The van der Waals surface area contributed by atoms with E-state index in [1.165, 1.54) is 12.6 Å². The van der Waals surface area contributed by atoms with Crippen molar-refractivity contribution in [3.8, 4) is 12.1 Å². The van der Waals surface area contributed by atoms with Gasteiger partial charge in [0.15, 0.2) is 0 Å². The van der Waals surface area contributed by atoms with E-state index in [2.05, 4.69) is 9.97 Å². The van der Waals surface area contributed by atoms with Gasteiger partial charge in [-0.2, -0.15) is 10.2 Å². The van der Waals surface area contributed by atoms with E-state index in [9.17, 15) is 0 Å². The van der Waals surface area contributed by atoms with E-state index in [-0.39, 0.29) is 12.1 Å². The Hall–Kier alpha value is -1.67. The summed E-state index contributed by atoms with van der Waals surface area (Å²) in [6.07, 6.45) is 4.95. The van der Waals surface area contributed by atoms with Gasteiger partial charge in [0.1, 0.15) is 18.4 Å². The Bertz CT molecular complexity index is 383. The minimum atomic E-state index is 0.128. The molecule has 0 aromatic carbocycles. The van der Waals surface area contributed by atoms with Crippen LogP contribution in [0.25, 0.3) is 0 Å². The molecule has 0 saturated carbocycles. The summed E-state index contributed by atoms with van der Waals surface area (Å²) in [5.74, 6) is 0. The normalized spacial score (nSPS) is 20.1. The van der Waals surface area contributed by atoms with Crippen molar-refractivity contribution < 1.29 is 9.47 Å². The van der Waals surface area contributed by atoms with E-state index in [4.69, 9.17) is 14.7 Å². The van der Waals surface area contributed by atoms with Crippen LogP contribution in [0, 0.1) is 11.3 Å². The summed E-state index contributed by atoms with van der Waals surface area (Å²) in [6.45, 7) is 1.25. The lowest BCUT2D eigenvalue weighted by Gasteiger charge is -2.21. The van der Waals surface area contributed by atoms with Crippen molar-refractivity contribution in [1.82, 2.24) is 9.97 Å². The van der Waals surface area contributed by atoms with Crippen LogP contribution in [-0.2, 0) is 4.74 Å². The first-order valence-corrected chi connectivity index (χ1v) is 5.36. The Morgan fingerprint density at radius 1 is 1.56 bits per heavy atom. The summed E-state index contributed by atoms with van der Waals surface area (Å²) >= 11 is 0. The van der Waals surface area contributed by atoms with E-state index in [1.807, 2.05) is 6.07 Å². The zero-order chi connectivity index (χ0) is 11.2. The zero-order valence-electron chi connectivity index (χ0n) is 8.93. The molecule has 0 radical (unpaired) electrons. The molecule has 0 amide bonds. The Labute approximate surface area is 94.0 Å². The molecule has 84 valence electrons. The standard InChI is InChI=1S/C11H13N3O2/c12-7-9-4-5-13-11(14-9)16-8-10-3-1-2-6-15-10/h4-5,10H,1-3,6,8H2. The number of nitrogens with zero attached hydrogens (tertiary/aromatic N) is 3. The highest BCUT2D eigenvalue weighted by molar-refractivity contribution is 5.19. The van der Waals surface area contributed by atoms with Crippen molar-refractivity contribution in [3.63, 3.8) is 0 Å². The predicted octanol–water partition coefficient (Wildman–Crippen LogP) is 1.30. The molecule has 2 heterocycles. The molecular weight excluding hydrogens is 206 g/mol. The molecule has 0 bridgehead atoms. The number of aromatic nitrogens is 2. The fourth-order valence-corrected chi connectivity index (χ4v) is 1.58. The molecule has 0 aliphatic carbocycles. The highest BCUT2D eigenvalue weighted by Crippen LogP contribution is 2.13. The largest absolute Gasteiger partial charge is 0.461 e. The van der Waals surface area contributed by atoms with Crippen LogP contribution in [0.3, 0.4) is 0 Å². The van der Waals surface area contributed by atoms with Crippen molar-refractivity contribution in [3.05, 3.63) is 18.0 Å². The number of ether oxygens (including phenoxy) is 2. The Morgan fingerprint density at radius 3 is 3.25 bits per heavy atom. The molecular formula is C11H13N3O2. The highest BCUT2D eigenvalue weighted by Gasteiger charge is 2.14. The first-order chi connectivity index (χ1) is 7.88. The summed E-state index contributed by atoms with van der Waals surface area (Å²) in [5, 5.41) is 8.66. The molecule has 1 unspecified atom stereocenters. The number of hydrogen-bond donors (Lipinski definition) is 0. The van der Waals surface area contributed by atoms with E-state index in [1.54, 1.807) is 6.07 Å². The second-order valence-corrected chi connectivity index (χ2v) is 3.64. The molecule has 1 atom stereocenters. The number of hydrogen-bond acceptors (Lipinski definition) is 5. The molecule has 1 aliphatic rings. The zero-order valence-corrected chi connectivity index (χ0v) is 8.93. The van der Waals surface area contributed by atoms with Crippen molar-refractivity contribution in [1.29, 1.82) is 5.26 Å². The van der Waals surface area contributed by atoms with Crippen molar-refractivity contribution in [2.45, 2.75) is 25.4 Å². The van der Waals surface area contributed by atoms with Crippen LogP contribution >= 0.6 is 0 Å². The van der Waals surface area contributed by atoms with Crippen molar-refractivity contribution in [2.75, 3.05) is 13.2 Å². The molecule has 16 heavy (non-hydrogen) atoms. The average molecular weight is 219 g/mol. The SMILES string of the molecule is N#Cc1ccnc(OCC2CCCCO2)n1. The van der Waals surface area contributed by atoms with Crippen LogP contribution < -0.4 is 4.74 Å². The average Bonchev–Trinajstić information content (AvgIpc) is 2.38. The third-order valence-electron chi connectivity index (χ3n) is 2.42. The third kappa shape index (κ3) is 2.91. The monoisotopic (exact) mass is 219 g/mol. The van der Waals surface area contributed by atoms with Crippen LogP contribution in [0.15, 0.2) is 12.3 Å². The van der Waals surface area contributed by atoms with Gasteiger partial charge in [0, 0.05) is 12.8 Å². The molecule has 5 nitrogen and oxygen atoms in total. The van der Waals surface area contributed by atoms with E-state index < -0.39 is 0 Å². The molecule has 2 rings (SSSR count). The highest BCUT2D eigenvalue weighted by atomic mass is 16.5. The second kappa shape index (κ2) is 5.42. The van der Waals surface area contributed by atoms with Gasteiger partial charge in [-0.15, -0.1) is 0 Å². The van der Waals surface area contributed by atoms with Gasteiger partial charge in [0.05, 0.1) is 6.10 Å². The summed E-state index contributed by atoms with van der Waals surface area (Å²) < 4.78 is 10.9. The fourth-order valence-electron chi connectivity index (χ4n) is 1.58. The lowest BCUT2D eigenvalue weighted by molar-refractivity contribution is -0.0129. The van der Waals surface area contributed by atoms with Crippen LogP contribution in [0.1, 0.15) is 25.0 Å². The van der Waals surface area contributed by atoms with Crippen LogP contribution in [0.4, 0.5) is 0 Å². The number of rotatable bonds is 3. The van der Waals surface area contributed by atoms with E-state index >= 15 is 0 Å². The van der Waals surface area contributed by atoms with E-state index in [0.29, 0.717) is 12.3 Å². The first-order valence-electron chi connectivity index (χ1n) is 5.36. The summed E-state index contributed by atoms with van der Waals surface area (Å²) in [7, 11) is 0. The van der Waals surface area contributed by atoms with Crippen LogP contribution in [-0.4, -0.2) is 29.3 Å². The van der Waals surface area contributed by atoms with Gasteiger partial charge >= 0.3 is 6.01 Å². The fraction of sp³-hybridized carbons (Fsp3) is 0.545. The topological polar surface area (TPSA) is 68.0 Å². The van der Waals surface area contributed by atoms with Crippen LogP contribution in [0.2, 0.25) is 0 Å². The Balaban J connectivity index is 1.86. The molecule has 1 aliphatic heterocycles. The second-order valence-electron chi connectivity index (χ2n) is 3.64. The third-order valence-corrected chi connectivity index (χ3v) is 2.42. The maximum absolute atomic E-state index is 8.66. The van der Waals surface area contributed by atoms with Gasteiger partial charge in [-0.25, -0.2) is 4.98 Å². The molecule has 1 fully saturated rings. The van der Waals surface area contributed by atoms with Gasteiger partial charge in [-0.1, -0.05) is 0 Å². The quantitative estimate of drug-likeness (QED) is 0.766. The minimum absolute atomic E-state index is 0.128. The van der Waals surface area contributed by atoms with Crippen LogP contribution in [0.5, 0.6) is 6.01 Å². The lowest BCUT2D eigenvalue weighted by Crippen LogP contribution is -2.26. The lowest BCUT2D eigenvalue weighted by atomic mass is 10.1. The summed E-state index contributed by atoms with van der Waals surface area (Å²) in [6, 6.07) is 3.73. The van der Waals surface area contributed by atoms with Gasteiger partial charge in [0.2, 0.25) is 0 Å². The maximum atomic E-state index is 8.66. The smallest absolute Gasteiger partial charge is 0.317 e. The molecule has 5 heteroatoms. The van der Waals surface area contributed by atoms with Gasteiger partial charge in [0.25, 0.3) is 0 Å². The number of nitriles is 1. The van der Waals surface area contributed by atoms with Gasteiger partial charge in [-0.05, 0) is 25.3 Å². The molecule has 0 N–H and O–H groups in total. The summed E-state index contributed by atoms with van der Waals surface area (Å²) in [5.41, 5.74) is 0.314. The predicted molar refractivity (Wildman–Crippen MR) is 55.8 cm³/mol. The van der Waals surface area contributed by atoms with Crippen molar-refractivity contribution >= 4 is 0 Å². The first kappa shape index (κ1) is 10.8. The Morgan fingerprint density at radius 2 is 2.50 bits per heavy atom. The Kier molecular flexibility index (Phi) is 3.67. The summed E-state index contributed by atoms with van der Waals surface area (Å²) in [4.78, 5) is 7.86. The van der Waals surface area contributed by atoms with E-state index in [0.717, 1.165) is 19.4 Å².